The first-order valence-electron chi connectivity index (χ1n) is 26.3. The van der Waals surface area contributed by atoms with Crippen LogP contribution in [0.1, 0.15) is 258 Å². The van der Waals surface area contributed by atoms with Crippen molar-refractivity contribution in [1.29, 1.82) is 0 Å². The maximum absolute atomic E-state index is 12.7. The number of esters is 3. The minimum absolute atomic E-state index is 0.101. The van der Waals surface area contributed by atoms with E-state index in [1.165, 1.54) is 148 Å². The second kappa shape index (κ2) is 50.8. The number of unbranched alkanes of at least 4 members (excludes halogenated alkanes) is 26. The van der Waals surface area contributed by atoms with Crippen molar-refractivity contribution < 1.29 is 28.6 Å². The predicted octanol–water partition coefficient (Wildman–Crippen LogP) is 17.3. The molecule has 0 bridgehead atoms. The Kier molecular flexibility index (Phi) is 48.4. The Morgan fingerprint density at radius 2 is 0.661 bits per heavy atom. The van der Waals surface area contributed by atoms with Crippen LogP contribution in [0.5, 0.6) is 0 Å². The van der Waals surface area contributed by atoms with Crippen LogP contribution in [0.4, 0.5) is 0 Å². The lowest BCUT2D eigenvalue weighted by Gasteiger charge is -2.18. The summed E-state index contributed by atoms with van der Waals surface area (Å²) in [4.78, 5) is 37.9. The molecule has 0 aliphatic rings. The van der Waals surface area contributed by atoms with Gasteiger partial charge < -0.3 is 14.2 Å². The molecular formula is C56H98O6. The summed E-state index contributed by atoms with van der Waals surface area (Å²) in [5.74, 6) is -0.980. The summed E-state index contributed by atoms with van der Waals surface area (Å²) < 4.78 is 16.7. The highest BCUT2D eigenvalue weighted by Crippen LogP contribution is 2.15. The number of carbonyl (C=O) groups is 3. The Labute approximate surface area is 383 Å². The second-order valence-corrected chi connectivity index (χ2v) is 17.4. The summed E-state index contributed by atoms with van der Waals surface area (Å²) in [6, 6.07) is 0. The molecule has 0 aliphatic heterocycles. The quantitative estimate of drug-likeness (QED) is 0.0262. The van der Waals surface area contributed by atoms with Gasteiger partial charge in [-0.25, -0.2) is 0 Å². The summed E-state index contributed by atoms with van der Waals surface area (Å²) in [7, 11) is 0. The molecule has 0 rings (SSSR count). The number of allylic oxidation sites excluding steroid dienone is 10. The highest BCUT2D eigenvalue weighted by Gasteiger charge is 2.19. The van der Waals surface area contributed by atoms with Gasteiger partial charge in [-0.2, -0.15) is 0 Å². The van der Waals surface area contributed by atoms with Gasteiger partial charge in [-0.05, 0) is 70.6 Å². The number of rotatable bonds is 47. The zero-order valence-corrected chi connectivity index (χ0v) is 40.9. The molecule has 0 spiro atoms. The molecule has 0 aliphatic carbocycles. The van der Waals surface area contributed by atoms with Gasteiger partial charge in [0.1, 0.15) is 13.2 Å². The van der Waals surface area contributed by atoms with Crippen LogP contribution in [0, 0.1) is 0 Å². The lowest BCUT2D eigenvalue weighted by molar-refractivity contribution is -0.166. The van der Waals surface area contributed by atoms with Gasteiger partial charge in [-0.15, -0.1) is 0 Å². The Hall–Kier alpha value is -2.89. The molecule has 0 aromatic rings. The fraction of sp³-hybridized carbons (Fsp3) is 0.768. The molecular weight excluding hydrogens is 769 g/mol. The van der Waals surface area contributed by atoms with Crippen molar-refractivity contribution in [3.05, 3.63) is 60.8 Å². The molecule has 0 N–H and O–H groups in total. The van der Waals surface area contributed by atoms with Gasteiger partial charge in [-0.3, -0.25) is 14.4 Å². The van der Waals surface area contributed by atoms with E-state index in [4.69, 9.17) is 14.2 Å². The van der Waals surface area contributed by atoms with Crippen LogP contribution in [0.15, 0.2) is 60.8 Å². The van der Waals surface area contributed by atoms with Crippen LogP contribution < -0.4 is 0 Å². The molecule has 0 saturated heterocycles. The van der Waals surface area contributed by atoms with Gasteiger partial charge >= 0.3 is 17.9 Å². The molecule has 1 atom stereocenters. The summed E-state index contributed by atoms with van der Waals surface area (Å²) in [6.45, 7) is 6.46. The molecule has 0 amide bonds. The normalized spacial score (nSPS) is 12.5. The van der Waals surface area contributed by atoms with E-state index in [1.807, 2.05) is 12.2 Å². The Bertz CT molecular complexity index is 1130. The minimum atomic E-state index is -0.809. The van der Waals surface area contributed by atoms with Crippen molar-refractivity contribution in [2.75, 3.05) is 13.2 Å². The average Bonchev–Trinajstić information content (AvgIpc) is 3.27. The molecule has 6 heteroatoms. The Morgan fingerprint density at radius 3 is 1.05 bits per heavy atom. The van der Waals surface area contributed by atoms with Crippen LogP contribution in [0.2, 0.25) is 0 Å². The molecule has 0 radical (unpaired) electrons. The van der Waals surface area contributed by atoms with Gasteiger partial charge in [0.05, 0.1) is 0 Å². The summed E-state index contributed by atoms with van der Waals surface area (Å²) >= 11 is 0. The first kappa shape index (κ1) is 59.1. The summed E-state index contributed by atoms with van der Waals surface area (Å²) in [5.41, 5.74) is 0. The number of ether oxygens (including phenoxy) is 3. The molecule has 0 aromatic carbocycles. The van der Waals surface area contributed by atoms with Crippen molar-refractivity contribution in [3.8, 4) is 0 Å². The standard InChI is InChI=1S/C56H98O6/c1-4-7-10-13-16-19-22-25-26-27-28-29-30-32-34-37-40-43-46-49-55(58)61-52-53(51-60-54(57)48-45-42-39-36-33-24-21-18-15-12-9-6-3)62-56(59)50-47-44-41-38-35-31-23-20-17-14-11-8-5-2/h8,11,17,20,25-26,31,35,41,44,53H,4-7,9-10,12-16,18-19,21-24,27-30,32-34,36-40,42-43,45-52H2,1-3H3/b11-8-,20-17-,26-25-,35-31-,44-41-. The molecule has 1 unspecified atom stereocenters. The van der Waals surface area contributed by atoms with E-state index >= 15 is 0 Å². The largest absolute Gasteiger partial charge is 0.462 e. The topological polar surface area (TPSA) is 78.9 Å². The SMILES string of the molecule is CC/C=C\C/C=C\C/C=C\C/C=C\CCC(=O)OC(COC(=O)CCCCCCCCCCC/C=C\CCCCCCCC)COC(=O)CCCCCCCCCCCCCC. The lowest BCUT2D eigenvalue weighted by atomic mass is 10.0. The first-order chi connectivity index (χ1) is 30.5. The van der Waals surface area contributed by atoms with Gasteiger partial charge in [-0.1, -0.05) is 229 Å². The molecule has 358 valence electrons. The highest BCUT2D eigenvalue weighted by atomic mass is 16.6. The van der Waals surface area contributed by atoms with Crippen molar-refractivity contribution >= 4 is 17.9 Å². The minimum Gasteiger partial charge on any atom is -0.462 e. The Balaban J connectivity index is 4.39. The molecule has 62 heavy (non-hydrogen) atoms. The van der Waals surface area contributed by atoms with E-state index in [1.54, 1.807) is 0 Å². The van der Waals surface area contributed by atoms with Crippen molar-refractivity contribution in [2.45, 2.75) is 264 Å². The van der Waals surface area contributed by atoms with E-state index in [9.17, 15) is 14.4 Å². The predicted molar refractivity (Wildman–Crippen MR) is 265 cm³/mol. The van der Waals surface area contributed by atoms with E-state index < -0.39 is 6.10 Å². The van der Waals surface area contributed by atoms with Crippen LogP contribution in [-0.2, 0) is 28.6 Å². The molecule has 6 nitrogen and oxygen atoms in total. The number of hydrogen-bond donors (Lipinski definition) is 0. The summed E-state index contributed by atoms with van der Waals surface area (Å²) in [5, 5.41) is 0. The van der Waals surface area contributed by atoms with Gasteiger partial charge in [0.25, 0.3) is 0 Å². The van der Waals surface area contributed by atoms with Crippen LogP contribution >= 0.6 is 0 Å². The smallest absolute Gasteiger partial charge is 0.306 e. The lowest BCUT2D eigenvalue weighted by Crippen LogP contribution is -2.30. The van der Waals surface area contributed by atoms with Crippen LogP contribution in [0.25, 0.3) is 0 Å². The second-order valence-electron chi connectivity index (χ2n) is 17.4. The van der Waals surface area contributed by atoms with Crippen LogP contribution in [0.3, 0.4) is 0 Å². The van der Waals surface area contributed by atoms with Gasteiger partial charge in [0, 0.05) is 19.3 Å². The molecule has 0 fully saturated rings. The van der Waals surface area contributed by atoms with Gasteiger partial charge in [0.2, 0.25) is 0 Å². The maximum atomic E-state index is 12.7. The third-order valence-corrected chi connectivity index (χ3v) is 11.3. The molecule has 0 saturated carbocycles. The number of carbonyl (C=O) groups excluding carboxylic acids is 3. The Morgan fingerprint density at radius 1 is 0.339 bits per heavy atom. The van der Waals surface area contributed by atoms with Crippen molar-refractivity contribution in [2.24, 2.45) is 0 Å². The molecule has 0 heterocycles. The number of hydrogen-bond acceptors (Lipinski definition) is 6. The first-order valence-corrected chi connectivity index (χ1v) is 26.3. The van der Waals surface area contributed by atoms with Crippen molar-refractivity contribution in [1.82, 2.24) is 0 Å². The average molecular weight is 867 g/mol. The monoisotopic (exact) mass is 867 g/mol. The fourth-order valence-corrected chi connectivity index (χ4v) is 7.33. The van der Waals surface area contributed by atoms with E-state index in [-0.39, 0.29) is 37.5 Å². The van der Waals surface area contributed by atoms with Crippen LogP contribution in [-0.4, -0.2) is 37.2 Å². The zero-order chi connectivity index (χ0) is 45.1. The van der Waals surface area contributed by atoms with Gasteiger partial charge in [0.15, 0.2) is 6.10 Å². The van der Waals surface area contributed by atoms with E-state index in [0.29, 0.717) is 19.3 Å². The van der Waals surface area contributed by atoms with Crippen molar-refractivity contribution in [3.63, 3.8) is 0 Å². The zero-order valence-electron chi connectivity index (χ0n) is 40.9. The maximum Gasteiger partial charge on any atom is 0.306 e. The summed E-state index contributed by atoms with van der Waals surface area (Å²) in [6.07, 6.45) is 62.2. The third kappa shape index (κ3) is 48.1. The highest BCUT2D eigenvalue weighted by molar-refractivity contribution is 5.71. The van der Waals surface area contributed by atoms with E-state index in [2.05, 4.69) is 69.4 Å². The fourth-order valence-electron chi connectivity index (χ4n) is 7.33. The van der Waals surface area contributed by atoms with E-state index in [0.717, 1.165) is 64.2 Å². The molecule has 0 aromatic heterocycles. The third-order valence-electron chi connectivity index (χ3n) is 11.3.